The van der Waals surface area contributed by atoms with Gasteiger partial charge in [0, 0.05) is 19.9 Å². The quantitative estimate of drug-likeness (QED) is 0.735. The van der Waals surface area contributed by atoms with Crippen molar-refractivity contribution in [2.24, 2.45) is 0 Å². The Bertz CT molecular complexity index is 760. The van der Waals surface area contributed by atoms with Crippen molar-refractivity contribution >= 4 is 34.2 Å². The van der Waals surface area contributed by atoms with E-state index in [0.29, 0.717) is 13.2 Å². The number of anilines is 1. The number of halogens is 2. The minimum atomic E-state index is -1.39. The highest BCUT2D eigenvalue weighted by Crippen LogP contribution is 2.31. The Morgan fingerprint density at radius 3 is 2.90 bits per heavy atom. The number of aromatic amines is 1. The Morgan fingerprint density at radius 1 is 1.57 bits per heavy atom. The van der Waals surface area contributed by atoms with Crippen molar-refractivity contribution in [3.8, 4) is 0 Å². The van der Waals surface area contributed by atoms with E-state index in [1.807, 2.05) is 0 Å². The molecule has 8 heteroatoms. The van der Waals surface area contributed by atoms with Crippen molar-refractivity contribution in [3.63, 3.8) is 0 Å². The van der Waals surface area contributed by atoms with Gasteiger partial charge in [0.15, 0.2) is 0 Å². The second-order valence-corrected chi connectivity index (χ2v) is 4.60. The molecule has 0 spiro atoms. The molecule has 2 aromatic rings. The SMILES string of the molecule is COCCNc1c(F)cc2c(=O)c(C(=O)O)c[nH]c2c1Cl. The fourth-order valence-electron chi connectivity index (χ4n) is 1.89. The molecule has 0 aliphatic rings. The first-order valence-corrected chi connectivity index (χ1v) is 6.34. The van der Waals surface area contributed by atoms with Gasteiger partial charge in [0.2, 0.25) is 5.43 Å². The molecule has 1 aromatic heterocycles. The van der Waals surface area contributed by atoms with Crippen LogP contribution in [-0.2, 0) is 4.74 Å². The Hall–Kier alpha value is -2.12. The molecule has 0 amide bonds. The molecule has 0 saturated heterocycles. The second-order valence-electron chi connectivity index (χ2n) is 4.23. The average molecular weight is 315 g/mol. The molecule has 3 N–H and O–H groups in total. The van der Waals surface area contributed by atoms with Crippen LogP contribution in [0.1, 0.15) is 10.4 Å². The molecule has 2 rings (SSSR count). The fraction of sp³-hybridized carbons (Fsp3) is 0.231. The zero-order valence-electron chi connectivity index (χ0n) is 11.0. The summed E-state index contributed by atoms with van der Waals surface area (Å²) in [5, 5.41) is 11.5. The van der Waals surface area contributed by atoms with Crippen LogP contribution in [0.25, 0.3) is 10.9 Å². The lowest BCUT2D eigenvalue weighted by atomic mass is 10.1. The number of benzene rings is 1. The standard InChI is InChI=1S/C13H12ClFN2O4/c1-21-3-2-16-11-8(15)4-6-10(9(11)14)17-5-7(12(6)18)13(19)20/h4-5,16H,2-3H2,1H3,(H,17,18)(H,19,20). The molecule has 0 aliphatic carbocycles. The Balaban J connectivity index is 2.60. The summed E-state index contributed by atoms with van der Waals surface area (Å²) in [5.74, 6) is -2.13. The molecule has 0 fully saturated rings. The summed E-state index contributed by atoms with van der Waals surface area (Å²) < 4.78 is 18.9. The second kappa shape index (κ2) is 6.11. The Morgan fingerprint density at radius 2 is 2.29 bits per heavy atom. The van der Waals surface area contributed by atoms with Crippen molar-refractivity contribution in [2.45, 2.75) is 0 Å². The summed E-state index contributed by atoms with van der Waals surface area (Å²) in [5.41, 5.74) is -1.06. The number of carboxylic acids is 1. The first-order valence-electron chi connectivity index (χ1n) is 5.96. The molecular weight excluding hydrogens is 303 g/mol. The van der Waals surface area contributed by atoms with Gasteiger partial charge in [-0.2, -0.15) is 0 Å². The monoisotopic (exact) mass is 314 g/mol. The molecular formula is C13H12ClFN2O4. The molecule has 0 saturated carbocycles. The molecule has 0 aliphatic heterocycles. The molecule has 0 unspecified atom stereocenters. The third kappa shape index (κ3) is 2.84. The topological polar surface area (TPSA) is 91.4 Å². The van der Waals surface area contributed by atoms with Crippen LogP contribution in [0.2, 0.25) is 5.02 Å². The lowest BCUT2D eigenvalue weighted by Gasteiger charge is -2.11. The maximum absolute atomic E-state index is 14.0. The minimum Gasteiger partial charge on any atom is -0.477 e. The number of carboxylic acid groups (broad SMARTS) is 1. The number of hydrogen-bond donors (Lipinski definition) is 3. The van der Waals surface area contributed by atoms with E-state index in [-0.39, 0.29) is 21.6 Å². The van der Waals surface area contributed by atoms with Crippen LogP contribution in [0.5, 0.6) is 0 Å². The zero-order chi connectivity index (χ0) is 15.6. The molecule has 112 valence electrons. The largest absolute Gasteiger partial charge is 0.477 e. The predicted molar refractivity (Wildman–Crippen MR) is 76.9 cm³/mol. The first kappa shape index (κ1) is 15.3. The van der Waals surface area contributed by atoms with Crippen molar-refractivity contribution in [1.29, 1.82) is 0 Å². The number of ether oxygens (including phenoxy) is 1. The van der Waals surface area contributed by atoms with Crippen LogP contribution in [0.4, 0.5) is 10.1 Å². The highest BCUT2D eigenvalue weighted by molar-refractivity contribution is 6.37. The number of carbonyl (C=O) groups is 1. The van der Waals surface area contributed by atoms with Gasteiger partial charge < -0.3 is 20.1 Å². The number of fused-ring (bicyclic) bond motifs is 1. The number of H-pyrrole nitrogens is 1. The summed E-state index contributed by atoms with van der Waals surface area (Å²) >= 11 is 6.07. The summed E-state index contributed by atoms with van der Waals surface area (Å²) in [7, 11) is 1.50. The van der Waals surface area contributed by atoms with Crippen LogP contribution in [0.15, 0.2) is 17.1 Å². The molecule has 6 nitrogen and oxygen atoms in total. The highest BCUT2D eigenvalue weighted by atomic mass is 35.5. The van der Waals surface area contributed by atoms with Gasteiger partial charge in [-0.1, -0.05) is 11.6 Å². The van der Waals surface area contributed by atoms with E-state index in [1.54, 1.807) is 0 Å². The number of nitrogens with one attached hydrogen (secondary N) is 2. The zero-order valence-corrected chi connectivity index (χ0v) is 11.8. The van der Waals surface area contributed by atoms with E-state index in [2.05, 4.69) is 10.3 Å². The third-order valence-corrected chi connectivity index (χ3v) is 3.28. The maximum atomic E-state index is 14.0. The number of rotatable bonds is 5. The normalized spacial score (nSPS) is 10.8. The van der Waals surface area contributed by atoms with Crippen molar-refractivity contribution in [2.75, 3.05) is 25.6 Å². The van der Waals surface area contributed by atoms with Crippen LogP contribution in [-0.4, -0.2) is 36.3 Å². The van der Waals surface area contributed by atoms with Gasteiger partial charge in [0.1, 0.15) is 11.4 Å². The number of hydrogen-bond acceptors (Lipinski definition) is 4. The van der Waals surface area contributed by atoms with Crippen molar-refractivity contribution in [1.82, 2.24) is 4.98 Å². The number of aromatic carboxylic acids is 1. The average Bonchev–Trinajstić information content (AvgIpc) is 2.43. The summed E-state index contributed by atoms with van der Waals surface area (Å²) in [6.45, 7) is 0.679. The van der Waals surface area contributed by atoms with Crippen LogP contribution >= 0.6 is 11.6 Å². The summed E-state index contributed by atoms with van der Waals surface area (Å²) in [6, 6.07) is 0.960. The molecule has 21 heavy (non-hydrogen) atoms. The van der Waals surface area contributed by atoms with Gasteiger partial charge >= 0.3 is 5.97 Å². The van der Waals surface area contributed by atoms with Crippen molar-refractivity contribution < 1.29 is 19.0 Å². The molecule has 0 atom stereocenters. The van der Waals surface area contributed by atoms with E-state index in [1.165, 1.54) is 7.11 Å². The highest BCUT2D eigenvalue weighted by Gasteiger charge is 2.17. The van der Waals surface area contributed by atoms with Gasteiger partial charge in [-0.25, -0.2) is 9.18 Å². The van der Waals surface area contributed by atoms with E-state index in [0.717, 1.165) is 12.3 Å². The van der Waals surface area contributed by atoms with Crippen LogP contribution < -0.4 is 10.7 Å². The maximum Gasteiger partial charge on any atom is 0.341 e. The van der Waals surface area contributed by atoms with Gasteiger partial charge in [-0.05, 0) is 6.07 Å². The Labute approximate surface area is 123 Å². The first-order chi connectivity index (χ1) is 9.97. The smallest absolute Gasteiger partial charge is 0.341 e. The van der Waals surface area contributed by atoms with Gasteiger partial charge in [-0.3, -0.25) is 4.79 Å². The lowest BCUT2D eigenvalue weighted by molar-refractivity contribution is 0.0695. The third-order valence-electron chi connectivity index (χ3n) is 2.91. The summed E-state index contributed by atoms with van der Waals surface area (Å²) in [6.07, 6.45) is 1.04. The van der Waals surface area contributed by atoms with Crippen LogP contribution in [0, 0.1) is 5.82 Å². The number of methoxy groups -OCH3 is 1. The number of pyridine rings is 1. The van der Waals surface area contributed by atoms with Gasteiger partial charge in [-0.15, -0.1) is 0 Å². The molecule has 1 aromatic carbocycles. The predicted octanol–water partition coefficient (Wildman–Crippen LogP) is 2.08. The van der Waals surface area contributed by atoms with Crippen LogP contribution in [0.3, 0.4) is 0 Å². The summed E-state index contributed by atoms with van der Waals surface area (Å²) in [4.78, 5) is 25.5. The van der Waals surface area contributed by atoms with E-state index in [9.17, 15) is 14.0 Å². The minimum absolute atomic E-state index is 0.0184. The molecule has 0 radical (unpaired) electrons. The Kier molecular flexibility index (Phi) is 4.44. The van der Waals surface area contributed by atoms with Gasteiger partial charge in [0.05, 0.1) is 28.2 Å². The fourth-order valence-corrected chi connectivity index (χ4v) is 2.21. The molecule has 0 bridgehead atoms. The van der Waals surface area contributed by atoms with E-state index >= 15 is 0 Å². The number of aromatic nitrogens is 1. The van der Waals surface area contributed by atoms with Gasteiger partial charge in [0.25, 0.3) is 0 Å². The lowest BCUT2D eigenvalue weighted by Crippen LogP contribution is -2.16. The molecule has 1 heterocycles. The van der Waals surface area contributed by atoms with Crippen molar-refractivity contribution in [3.05, 3.63) is 38.9 Å². The van der Waals surface area contributed by atoms with E-state index < -0.39 is 22.8 Å². The van der Waals surface area contributed by atoms with E-state index in [4.69, 9.17) is 21.4 Å².